The third kappa shape index (κ3) is 4.00. The molecule has 0 unspecified atom stereocenters. The molecular formula is C14H14N4O2S. The Morgan fingerprint density at radius 2 is 2.48 bits per heavy atom. The Labute approximate surface area is 126 Å². The molecule has 0 saturated heterocycles. The van der Waals surface area contributed by atoms with Crippen LogP contribution in [0.4, 0.5) is 0 Å². The molecule has 0 atom stereocenters. The predicted molar refractivity (Wildman–Crippen MR) is 79.6 cm³/mol. The molecule has 1 amide bonds. The van der Waals surface area contributed by atoms with Gasteiger partial charge in [-0.25, -0.2) is 4.98 Å². The fourth-order valence-electron chi connectivity index (χ4n) is 1.61. The average Bonchev–Trinajstić information content (AvgIpc) is 3.15. The summed E-state index contributed by atoms with van der Waals surface area (Å²) in [5, 5.41) is 7.19. The number of rotatable bonds is 7. The first-order chi connectivity index (χ1) is 10.2. The van der Waals surface area contributed by atoms with Crippen molar-refractivity contribution >= 4 is 17.7 Å². The van der Waals surface area contributed by atoms with Crippen LogP contribution in [0.5, 0.6) is 0 Å². The van der Waals surface area contributed by atoms with Crippen LogP contribution in [0.2, 0.25) is 0 Å². The number of aromatic nitrogens is 3. The largest absolute Gasteiger partial charge is 0.455 e. The van der Waals surface area contributed by atoms with Crippen molar-refractivity contribution in [2.24, 2.45) is 0 Å². The lowest BCUT2D eigenvalue weighted by atomic mass is 10.3. The van der Waals surface area contributed by atoms with Crippen LogP contribution in [0.15, 0.2) is 40.7 Å². The number of carbonyl (C=O) groups excluding carboxylic acids is 1. The maximum absolute atomic E-state index is 12.2. The lowest BCUT2D eigenvalue weighted by Gasteiger charge is -2.16. The van der Waals surface area contributed by atoms with E-state index in [4.69, 9.17) is 10.8 Å². The quantitative estimate of drug-likeness (QED) is 0.481. The van der Waals surface area contributed by atoms with E-state index < -0.39 is 0 Å². The Kier molecular flexibility index (Phi) is 5.23. The van der Waals surface area contributed by atoms with Gasteiger partial charge in [0.2, 0.25) is 0 Å². The Hall–Kier alpha value is -2.46. The zero-order valence-corrected chi connectivity index (χ0v) is 12.1. The zero-order chi connectivity index (χ0) is 15.1. The van der Waals surface area contributed by atoms with Crippen molar-refractivity contribution in [2.75, 3.05) is 13.1 Å². The molecule has 0 saturated carbocycles. The van der Waals surface area contributed by atoms with Crippen LogP contribution in [0, 0.1) is 12.3 Å². The zero-order valence-electron chi connectivity index (χ0n) is 11.3. The minimum Gasteiger partial charge on any atom is -0.455 e. The third-order valence-corrected chi connectivity index (χ3v) is 3.43. The first-order valence-electron chi connectivity index (χ1n) is 6.15. The molecule has 2 aromatic rings. The van der Waals surface area contributed by atoms with Gasteiger partial charge in [-0.3, -0.25) is 9.89 Å². The number of hydrogen-bond donors (Lipinski definition) is 1. The van der Waals surface area contributed by atoms with E-state index in [1.807, 2.05) is 0 Å². The van der Waals surface area contributed by atoms with E-state index in [1.165, 1.54) is 23.0 Å². The van der Waals surface area contributed by atoms with E-state index >= 15 is 0 Å². The Balaban J connectivity index is 1.99. The number of carbonyl (C=O) groups is 1. The number of nitrogens with one attached hydrogen (secondary N) is 1. The molecule has 0 bridgehead atoms. The lowest BCUT2D eigenvalue weighted by molar-refractivity contribution is 0.0760. The number of hydrogen-bond acceptors (Lipinski definition) is 5. The van der Waals surface area contributed by atoms with E-state index in [0.29, 0.717) is 23.2 Å². The summed E-state index contributed by atoms with van der Waals surface area (Å²) in [6, 6.07) is 3.41. The molecule has 0 radical (unpaired) electrons. The predicted octanol–water partition coefficient (Wildman–Crippen LogP) is 1.95. The first-order valence-corrected chi connectivity index (χ1v) is 7.13. The summed E-state index contributed by atoms with van der Waals surface area (Å²) in [6.45, 7) is 4.21. The molecule has 0 aliphatic heterocycles. The van der Waals surface area contributed by atoms with Crippen molar-refractivity contribution in [2.45, 2.75) is 10.9 Å². The second-order valence-electron chi connectivity index (χ2n) is 4.02. The first kappa shape index (κ1) is 14.9. The fourth-order valence-corrected chi connectivity index (χ4v) is 2.29. The van der Waals surface area contributed by atoms with Crippen molar-refractivity contribution < 1.29 is 9.21 Å². The van der Waals surface area contributed by atoms with Crippen LogP contribution in [-0.4, -0.2) is 39.1 Å². The Bertz CT molecular complexity index is 642. The van der Waals surface area contributed by atoms with Gasteiger partial charge in [0, 0.05) is 6.54 Å². The van der Waals surface area contributed by atoms with Gasteiger partial charge in [-0.1, -0.05) is 23.8 Å². The van der Waals surface area contributed by atoms with Crippen LogP contribution >= 0.6 is 11.8 Å². The maximum atomic E-state index is 12.2. The summed E-state index contributed by atoms with van der Waals surface area (Å²) in [7, 11) is 0. The second-order valence-corrected chi connectivity index (χ2v) is 4.99. The molecule has 2 aromatic heterocycles. The van der Waals surface area contributed by atoms with Gasteiger partial charge in [0.15, 0.2) is 10.9 Å². The van der Waals surface area contributed by atoms with Crippen LogP contribution in [0.25, 0.3) is 0 Å². The normalized spacial score (nSPS) is 10.0. The smallest absolute Gasteiger partial charge is 0.290 e. The summed E-state index contributed by atoms with van der Waals surface area (Å²) in [4.78, 5) is 17.7. The molecule has 0 aliphatic rings. The van der Waals surface area contributed by atoms with Crippen LogP contribution in [-0.2, 0) is 5.75 Å². The van der Waals surface area contributed by atoms with Crippen molar-refractivity contribution in [3.05, 3.63) is 42.6 Å². The summed E-state index contributed by atoms with van der Waals surface area (Å²) >= 11 is 1.44. The Morgan fingerprint density at radius 1 is 1.62 bits per heavy atom. The number of H-pyrrole nitrogens is 1. The lowest BCUT2D eigenvalue weighted by Crippen LogP contribution is -2.31. The van der Waals surface area contributed by atoms with Crippen LogP contribution in [0.3, 0.4) is 0 Å². The summed E-state index contributed by atoms with van der Waals surface area (Å²) in [6.07, 6.45) is 8.31. The molecule has 108 valence electrons. The number of thioether (sulfide) groups is 1. The van der Waals surface area contributed by atoms with E-state index in [2.05, 4.69) is 27.7 Å². The monoisotopic (exact) mass is 302 g/mol. The molecule has 0 fully saturated rings. The molecule has 6 nitrogen and oxygen atoms in total. The minimum absolute atomic E-state index is 0.216. The highest BCUT2D eigenvalue weighted by molar-refractivity contribution is 7.98. The molecule has 0 aliphatic carbocycles. The summed E-state index contributed by atoms with van der Waals surface area (Å²) < 4.78 is 5.54. The van der Waals surface area contributed by atoms with Crippen molar-refractivity contribution in [3.8, 4) is 12.3 Å². The van der Waals surface area contributed by atoms with Gasteiger partial charge < -0.3 is 9.32 Å². The van der Waals surface area contributed by atoms with Crippen molar-refractivity contribution in [1.29, 1.82) is 0 Å². The molecule has 0 aromatic carbocycles. The van der Waals surface area contributed by atoms with Gasteiger partial charge in [0.1, 0.15) is 12.1 Å². The molecule has 2 heterocycles. The molecule has 2 rings (SSSR count). The van der Waals surface area contributed by atoms with E-state index in [9.17, 15) is 4.79 Å². The van der Waals surface area contributed by atoms with Gasteiger partial charge in [-0.15, -0.1) is 13.0 Å². The molecule has 7 heteroatoms. The standard InChI is InChI=1S/C14H14N4O2S/c1-3-7-18(8-4-2)13(19)12-6-5-11(20-12)9-21-14-15-10-16-17-14/h1,4-6,10H,2,7-9H2,(H,15,16,17). The van der Waals surface area contributed by atoms with Crippen molar-refractivity contribution in [1.82, 2.24) is 20.1 Å². The number of terminal acetylenes is 1. The number of nitrogens with zero attached hydrogens (tertiary/aromatic N) is 3. The van der Waals surface area contributed by atoms with E-state index in [0.717, 1.165) is 0 Å². The average molecular weight is 302 g/mol. The van der Waals surface area contributed by atoms with Crippen molar-refractivity contribution in [3.63, 3.8) is 0 Å². The second kappa shape index (κ2) is 7.36. The molecule has 0 spiro atoms. The van der Waals surface area contributed by atoms with Gasteiger partial charge in [0.25, 0.3) is 5.91 Å². The van der Waals surface area contributed by atoms with E-state index in [-0.39, 0.29) is 18.2 Å². The van der Waals surface area contributed by atoms with Gasteiger partial charge >= 0.3 is 0 Å². The van der Waals surface area contributed by atoms with Crippen LogP contribution < -0.4 is 0 Å². The number of amides is 1. The molecular weight excluding hydrogens is 288 g/mol. The highest BCUT2D eigenvalue weighted by Crippen LogP contribution is 2.20. The van der Waals surface area contributed by atoms with Gasteiger partial charge in [0.05, 0.1) is 12.3 Å². The third-order valence-electron chi connectivity index (χ3n) is 2.54. The minimum atomic E-state index is -0.247. The topological polar surface area (TPSA) is 75.0 Å². The fraction of sp³-hybridized carbons (Fsp3) is 0.214. The number of furan rings is 1. The highest BCUT2D eigenvalue weighted by atomic mass is 32.2. The van der Waals surface area contributed by atoms with E-state index in [1.54, 1.807) is 18.2 Å². The highest BCUT2D eigenvalue weighted by Gasteiger charge is 2.17. The summed E-state index contributed by atoms with van der Waals surface area (Å²) in [5.41, 5.74) is 0. The van der Waals surface area contributed by atoms with Gasteiger partial charge in [-0.2, -0.15) is 5.10 Å². The summed E-state index contributed by atoms with van der Waals surface area (Å²) in [5.74, 6) is 3.70. The maximum Gasteiger partial charge on any atom is 0.290 e. The van der Waals surface area contributed by atoms with Crippen LogP contribution in [0.1, 0.15) is 16.3 Å². The molecule has 21 heavy (non-hydrogen) atoms. The Morgan fingerprint density at radius 3 is 3.14 bits per heavy atom. The number of aromatic amines is 1. The molecule has 1 N–H and O–H groups in total. The SMILES string of the molecule is C#CCN(CC=C)C(=O)c1ccc(CSc2ncn[nH]2)o1. The van der Waals surface area contributed by atoms with Gasteiger partial charge in [-0.05, 0) is 12.1 Å².